The van der Waals surface area contributed by atoms with E-state index in [4.69, 9.17) is 10.8 Å². The molecule has 0 saturated carbocycles. The van der Waals surface area contributed by atoms with E-state index in [1.165, 1.54) is 0 Å². The van der Waals surface area contributed by atoms with Crippen molar-refractivity contribution in [2.24, 2.45) is 5.73 Å². The van der Waals surface area contributed by atoms with Gasteiger partial charge in [0, 0.05) is 56.4 Å². The van der Waals surface area contributed by atoms with Gasteiger partial charge in [-0.25, -0.2) is 0 Å². The van der Waals surface area contributed by atoms with Gasteiger partial charge < -0.3 is 21.1 Å². The summed E-state index contributed by atoms with van der Waals surface area (Å²) in [4.78, 5) is 32.7. The summed E-state index contributed by atoms with van der Waals surface area (Å²) in [5.41, 5.74) is 7.98. The summed E-state index contributed by atoms with van der Waals surface area (Å²) in [7, 11) is 0. The number of rotatable bonds is 6. The van der Waals surface area contributed by atoms with E-state index < -0.39 is 6.04 Å². The van der Waals surface area contributed by atoms with E-state index in [-0.39, 0.29) is 18.4 Å². The summed E-state index contributed by atoms with van der Waals surface area (Å²) in [5.74, 6) is -0.365. The number of aliphatic hydroxyl groups is 1. The molecule has 1 fully saturated rings. The van der Waals surface area contributed by atoms with Crippen LogP contribution in [0.2, 0.25) is 0 Å². The van der Waals surface area contributed by atoms with Crippen LogP contribution < -0.4 is 11.1 Å². The number of nitrogens with two attached hydrogens (primary N) is 1. The fraction of sp³-hybridized carbons (Fsp3) is 0.350. The lowest BCUT2D eigenvalue weighted by molar-refractivity contribution is -0.134. The number of anilines is 1. The molecule has 0 radical (unpaired) electrons. The highest BCUT2D eigenvalue weighted by atomic mass is 16.3. The summed E-state index contributed by atoms with van der Waals surface area (Å²) < 4.78 is 0. The number of β-amino-alcohol motifs (C(OH)–C–C–N with tert-alkyl or cyclic N) is 1. The lowest BCUT2D eigenvalue weighted by Gasteiger charge is -2.35. The Bertz CT molecular complexity index is 789. The van der Waals surface area contributed by atoms with E-state index in [1.807, 2.05) is 0 Å². The summed E-state index contributed by atoms with van der Waals surface area (Å²) in [6, 6.07) is 9.42. The zero-order valence-electron chi connectivity index (χ0n) is 15.6. The first-order chi connectivity index (χ1) is 13.6. The van der Waals surface area contributed by atoms with Gasteiger partial charge >= 0.3 is 0 Å². The SMILES string of the molecule is NC(C(=O)N1CCN(CCO)CC1)c1ccc(C(=O)Nc2ccncc2)cc1. The van der Waals surface area contributed by atoms with Gasteiger partial charge in [-0.2, -0.15) is 0 Å². The predicted octanol–water partition coefficient (Wildman–Crippen LogP) is 0.470. The maximum absolute atomic E-state index is 12.7. The molecule has 1 aromatic carbocycles. The van der Waals surface area contributed by atoms with Gasteiger partial charge in [0.15, 0.2) is 0 Å². The molecule has 8 heteroatoms. The maximum Gasteiger partial charge on any atom is 0.255 e. The summed E-state index contributed by atoms with van der Waals surface area (Å²) in [6.07, 6.45) is 3.21. The number of carbonyl (C=O) groups excluding carboxylic acids is 2. The molecule has 1 saturated heterocycles. The number of piperazine rings is 1. The van der Waals surface area contributed by atoms with Crippen LogP contribution in [0.1, 0.15) is 22.0 Å². The Labute approximate surface area is 164 Å². The highest BCUT2D eigenvalue weighted by molar-refractivity contribution is 6.04. The molecule has 1 atom stereocenters. The normalized spacial score (nSPS) is 15.9. The van der Waals surface area contributed by atoms with E-state index in [0.717, 1.165) is 13.1 Å². The van der Waals surface area contributed by atoms with Crippen molar-refractivity contribution in [3.8, 4) is 0 Å². The standard InChI is InChI=1S/C20H25N5O3/c21-18(20(28)25-11-9-24(10-12-25)13-14-26)15-1-3-16(4-2-15)19(27)23-17-5-7-22-8-6-17/h1-8,18,26H,9-14,21H2,(H,22,23,27). The van der Waals surface area contributed by atoms with Crippen LogP contribution in [0.5, 0.6) is 0 Å². The average Bonchev–Trinajstić information content (AvgIpc) is 2.74. The number of hydrogen-bond acceptors (Lipinski definition) is 6. The van der Waals surface area contributed by atoms with Crippen LogP contribution >= 0.6 is 0 Å². The molecule has 1 unspecified atom stereocenters. The van der Waals surface area contributed by atoms with Crippen LogP contribution in [0, 0.1) is 0 Å². The van der Waals surface area contributed by atoms with Crippen LogP contribution in [-0.2, 0) is 4.79 Å². The van der Waals surface area contributed by atoms with Gasteiger partial charge in [-0.15, -0.1) is 0 Å². The van der Waals surface area contributed by atoms with Crippen LogP contribution in [0.3, 0.4) is 0 Å². The number of nitrogens with zero attached hydrogens (tertiary/aromatic N) is 3. The first kappa shape index (κ1) is 19.9. The third-order valence-corrected chi connectivity index (χ3v) is 4.84. The number of amides is 2. The minimum absolute atomic E-state index is 0.120. The van der Waals surface area contributed by atoms with Crippen LogP contribution in [0.15, 0.2) is 48.8 Å². The molecule has 28 heavy (non-hydrogen) atoms. The lowest BCUT2D eigenvalue weighted by Crippen LogP contribution is -2.51. The number of nitrogens with one attached hydrogen (secondary N) is 1. The monoisotopic (exact) mass is 383 g/mol. The van der Waals surface area contributed by atoms with Gasteiger partial charge in [0.1, 0.15) is 6.04 Å². The first-order valence-electron chi connectivity index (χ1n) is 9.27. The van der Waals surface area contributed by atoms with Crippen molar-refractivity contribution < 1.29 is 14.7 Å². The minimum atomic E-state index is -0.762. The number of carbonyl (C=O) groups is 2. The van der Waals surface area contributed by atoms with Gasteiger partial charge in [-0.1, -0.05) is 12.1 Å². The molecule has 0 spiro atoms. The molecular formula is C20H25N5O3. The Kier molecular flexibility index (Phi) is 6.70. The fourth-order valence-corrected chi connectivity index (χ4v) is 3.15. The molecule has 0 aliphatic carbocycles. The Balaban J connectivity index is 1.58. The molecule has 2 heterocycles. The molecule has 0 bridgehead atoms. The van der Waals surface area contributed by atoms with Gasteiger partial charge in [0.25, 0.3) is 5.91 Å². The lowest BCUT2D eigenvalue weighted by atomic mass is 10.0. The van der Waals surface area contributed by atoms with Crippen molar-refractivity contribution in [2.75, 3.05) is 44.6 Å². The Morgan fingerprint density at radius 2 is 1.71 bits per heavy atom. The zero-order valence-corrected chi connectivity index (χ0v) is 15.6. The van der Waals surface area contributed by atoms with Crippen LogP contribution in [0.4, 0.5) is 5.69 Å². The topological polar surface area (TPSA) is 112 Å². The number of pyridine rings is 1. The smallest absolute Gasteiger partial charge is 0.255 e. The minimum Gasteiger partial charge on any atom is -0.395 e. The molecule has 1 aliphatic rings. The third kappa shape index (κ3) is 4.92. The number of aliphatic hydroxyl groups excluding tert-OH is 1. The van der Waals surface area contributed by atoms with Crippen molar-refractivity contribution in [3.63, 3.8) is 0 Å². The van der Waals surface area contributed by atoms with Gasteiger partial charge in [-0.05, 0) is 29.8 Å². The largest absolute Gasteiger partial charge is 0.395 e. The van der Waals surface area contributed by atoms with Crippen molar-refractivity contribution in [1.82, 2.24) is 14.8 Å². The summed E-state index contributed by atoms with van der Waals surface area (Å²) in [6.45, 7) is 3.39. The first-order valence-corrected chi connectivity index (χ1v) is 9.27. The Morgan fingerprint density at radius 1 is 1.07 bits per heavy atom. The van der Waals surface area contributed by atoms with E-state index in [1.54, 1.807) is 53.7 Å². The van der Waals surface area contributed by atoms with Crippen LogP contribution in [0.25, 0.3) is 0 Å². The van der Waals surface area contributed by atoms with Gasteiger partial charge in [0.2, 0.25) is 5.91 Å². The number of hydrogen-bond donors (Lipinski definition) is 3. The van der Waals surface area contributed by atoms with Crippen molar-refractivity contribution >= 4 is 17.5 Å². The number of aromatic nitrogens is 1. The molecular weight excluding hydrogens is 358 g/mol. The van der Waals surface area contributed by atoms with Crippen LogP contribution in [-0.4, -0.2) is 71.0 Å². The van der Waals surface area contributed by atoms with E-state index in [9.17, 15) is 9.59 Å². The second-order valence-electron chi connectivity index (χ2n) is 6.68. The second kappa shape index (κ2) is 9.41. The van der Waals surface area contributed by atoms with E-state index in [2.05, 4.69) is 15.2 Å². The molecule has 3 rings (SSSR count). The molecule has 1 aromatic heterocycles. The van der Waals surface area contributed by atoms with Crippen molar-refractivity contribution in [2.45, 2.75) is 6.04 Å². The molecule has 8 nitrogen and oxygen atoms in total. The highest BCUT2D eigenvalue weighted by Crippen LogP contribution is 2.17. The molecule has 1 aliphatic heterocycles. The van der Waals surface area contributed by atoms with Gasteiger partial charge in [-0.3, -0.25) is 19.5 Å². The summed E-state index contributed by atoms with van der Waals surface area (Å²) >= 11 is 0. The predicted molar refractivity (Wildman–Crippen MR) is 106 cm³/mol. The quantitative estimate of drug-likeness (QED) is 0.669. The second-order valence-corrected chi connectivity index (χ2v) is 6.68. The third-order valence-electron chi connectivity index (χ3n) is 4.84. The van der Waals surface area contributed by atoms with E-state index in [0.29, 0.717) is 36.4 Å². The maximum atomic E-state index is 12.7. The molecule has 148 valence electrons. The zero-order chi connectivity index (χ0) is 19.9. The van der Waals surface area contributed by atoms with E-state index >= 15 is 0 Å². The van der Waals surface area contributed by atoms with Crippen molar-refractivity contribution in [3.05, 3.63) is 59.9 Å². The molecule has 2 amide bonds. The summed E-state index contributed by atoms with van der Waals surface area (Å²) in [5, 5.41) is 11.8. The highest BCUT2D eigenvalue weighted by Gasteiger charge is 2.26. The Hall–Kier alpha value is -2.81. The molecule has 2 aromatic rings. The average molecular weight is 383 g/mol. The fourth-order valence-electron chi connectivity index (χ4n) is 3.15. The van der Waals surface area contributed by atoms with Gasteiger partial charge in [0.05, 0.1) is 6.61 Å². The molecule has 4 N–H and O–H groups in total. The Morgan fingerprint density at radius 3 is 2.32 bits per heavy atom. The van der Waals surface area contributed by atoms with Crippen molar-refractivity contribution in [1.29, 1.82) is 0 Å². The number of benzene rings is 1.